The quantitative estimate of drug-likeness (QED) is 0.113. The molecule has 15 nitrogen and oxygen atoms in total. The molecule has 1 aliphatic heterocycles. The van der Waals surface area contributed by atoms with Gasteiger partial charge in [0, 0.05) is 17.6 Å². The smallest absolute Gasteiger partial charge is 0.308 e. The predicted octanol–water partition coefficient (Wildman–Crippen LogP) is 5.40. The number of aromatic nitrogens is 4. The third-order valence-corrected chi connectivity index (χ3v) is 9.72. The van der Waals surface area contributed by atoms with Crippen molar-refractivity contribution in [2.24, 2.45) is 11.8 Å². The molecule has 1 N–H and O–H groups in total. The van der Waals surface area contributed by atoms with Crippen LogP contribution >= 0.6 is 8.53 Å². The second-order valence-corrected chi connectivity index (χ2v) is 14.3. The number of carbonyl (C=O) groups excluding carboxylic acids is 3. The maximum absolute atomic E-state index is 13.1. The van der Waals surface area contributed by atoms with E-state index >= 15 is 0 Å². The Labute approximate surface area is 293 Å². The monoisotopic (exact) mass is 711 g/mol. The minimum Gasteiger partial charge on any atom is -0.455 e. The number of nitrogens with one attached hydrogen (secondary N) is 1. The fourth-order valence-corrected chi connectivity index (χ4v) is 6.84. The zero-order valence-corrected chi connectivity index (χ0v) is 30.6. The number of carbonyl (C=O) groups is 3. The van der Waals surface area contributed by atoms with Gasteiger partial charge in [-0.15, -0.1) is 0 Å². The molecular formula is C34H46N7O8P. The molecule has 0 radical (unpaired) electrons. The van der Waals surface area contributed by atoms with Gasteiger partial charge in [-0.3, -0.25) is 19.0 Å². The number of fused-ring (bicyclic) bond motifs is 1. The second kappa shape index (κ2) is 17.7. The van der Waals surface area contributed by atoms with E-state index in [1.165, 1.54) is 12.7 Å². The van der Waals surface area contributed by atoms with Crippen LogP contribution in [-0.2, 0) is 32.8 Å². The first kappa shape index (κ1) is 38.7. The molecule has 1 saturated heterocycles. The fourth-order valence-electron chi connectivity index (χ4n) is 5.22. The van der Waals surface area contributed by atoms with Gasteiger partial charge >= 0.3 is 11.9 Å². The van der Waals surface area contributed by atoms with E-state index in [1.807, 2.05) is 33.8 Å². The highest BCUT2D eigenvalue weighted by Crippen LogP contribution is 2.47. The van der Waals surface area contributed by atoms with Gasteiger partial charge in [0.2, 0.25) is 0 Å². The van der Waals surface area contributed by atoms with Gasteiger partial charge in [-0.2, -0.15) is 5.26 Å². The average Bonchev–Trinajstić information content (AvgIpc) is 3.65. The lowest BCUT2D eigenvalue weighted by atomic mass is 10.1. The van der Waals surface area contributed by atoms with Crippen molar-refractivity contribution in [3.05, 3.63) is 48.5 Å². The Morgan fingerprint density at radius 3 is 2.18 bits per heavy atom. The molecule has 4 rings (SSSR count). The molecule has 0 bridgehead atoms. The third kappa shape index (κ3) is 9.38. The maximum atomic E-state index is 13.1. The number of benzene rings is 1. The van der Waals surface area contributed by atoms with Gasteiger partial charge in [-0.25, -0.2) is 19.6 Å². The molecule has 3 aromatic rings. The Morgan fingerprint density at radius 1 is 0.940 bits per heavy atom. The van der Waals surface area contributed by atoms with E-state index in [1.54, 1.807) is 56.5 Å². The maximum Gasteiger partial charge on any atom is 0.308 e. The van der Waals surface area contributed by atoms with E-state index in [2.05, 4.69) is 31.0 Å². The van der Waals surface area contributed by atoms with Crippen LogP contribution in [0.5, 0.6) is 0 Å². The van der Waals surface area contributed by atoms with Gasteiger partial charge in [-0.05, 0) is 39.8 Å². The zero-order chi connectivity index (χ0) is 36.5. The van der Waals surface area contributed by atoms with Gasteiger partial charge in [-0.1, -0.05) is 45.9 Å². The van der Waals surface area contributed by atoms with E-state index in [-0.39, 0.29) is 54.6 Å². The first-order valence-electron chi connectivity index (χ1n) is 16.6. The summed E-state index contributed by atoms with van der Waals surface area (Å²) in [5.41, 5.74) is 0.979. The molecule has 270 valence electrons. The normalized spacial score (nSPS) is 19.8. The minimum atomic E-state index is -1.67. The van der Waals surface area contributed by atoms with Gasteiger partial charge < -0.3 is 28.6 Å². The average molecular weight is 712 g/mol. The molecular weight excluding hydrogens is 665 g/mol. The van der Waals surface area contributed by atoms with Crippen molar-refractivity contribution in [2.75, 3.05) is 18.5 Å². The summed E-state index contributed by atoms with van der Waals surface area (Å²) in [6.07, 6.45) is -1.30. The summed E-state index contributed by atoms with van der Waals surface area (Å²) in [5.74, 6) is -2.25. The first-order chi connectivity index (χ1) is 23.8. The van der Waals surface area contributed by atoms with Crippen molar-refractivity contribution in [3.63, 3.8) is 0 Å². The molecule has 5 atom stereocenters. The molecule has 3 heterocycles. The number of anilines is 1. The topological polar surface area (TPSA) is 180 Å². The number of amides is 1. The van der Waals surface area contributed by atoms with Crippen molar-refractivity contribution in [1.82, 2.24) is 24.2 Å². The van der Waals surface area contributed by atoms with Crippen molar-refractivity contribution in [3.8, 4) is 6.07 Å². The molecule has 0 aliphatic carbocycles. The van der Waals surface area contributed by atoms with Crippen LogP contribution in [0.25, 0.3) is 11.2 Å². The highest BCUT2D eigenvalue weighted by atomic mass is 31.2. The number of rotatable bonds is 16. The number of ether oxygens (including phenoxy) is 3. The highest BCUT2D eigenvalue weighted by molar-refractivity contribution is 7.44. The Bertz CT molecular complexity index is 1640. The Hall–Kier alpha value is -4.06. The third-order valence-electron chi connectivity index (χ3n) is 7.65. The molecule has 1 aromatic carbocycles. The molecule has 1 amide bonds. The lowest BCUT2D eigenvalue weighted by Gasteiger charge is -2.36. The minimum absolute atomic E-state index is 0.0447. The number of esters is 2. The summed E-state index contributed by atoms with van der Waals surface area (Å²) >= 11 is 0. The van der Waals surface area contributed by atoms with E-state index in [0.717, 1.165) is 0 Å². The molecule has 1 fully saturated rings. The molecule has 16 heteroatoms. The van der Waals surface area contributed by atoms with Crippen molar-refractivity contribution in [1.29, 1.82) is 5.26 Å². The van der Waals surface area contributed by atoms with Crippen LogP contribution in [0.3, 0.4) is 0 Å². The van der Waals surface area contributed by atoms with E-state index in [4.69, 9.17) is 28.5 Å². The molecule has 2 aromatic heterocycles. The van der Waals surface area contributed by atoms with Crippen LogP contribution in [0.4, 0.5) is 5.82 Å². The Kier molecular flexibility index (Phi) is 13.7. The van der Waals surface area contributed by atoms with Gasteiger partial charge in [0.1, 0.15) is 12.4 Å². The van der Waals surface area contributed by atoms with Crippen LogP contribution in [0.15, 0.2) is 43.0 Å². The largest absolute Gasteiger partial charge is 0.455 e. The van der Waals surface area contributed by atoms with Gasteiger partial charge in [0.15, 0.2) is 35.4 Å². The Balaban J connectivity index is 1.72. The zero-order valence-electron chi connectivity index (χ0n) is 29.7. The van der Waals surface area contributed by atoms with Crippen molar-refractivity contribution >= 4 is 43.4 Å². The summed E-state index contributed by atoms with van der Waals surface area (Å²) in [6.45, 7) is 14.9. The van der Waals surface area contributed by atoms with Crippen LogP contribution < -0.4 is 5.32 Å². The van der Waals surface area contributed by atoms with Crippen molar-refractivity contribution in [2.45, 2.75) is 98.4 Å². The SMILES string of the molecule is CC(C)C(=O)O[C@@H]1[C@H](OC(=O)C(C)C)[C@@H](COP(OCCC#N)N(C(C)C)C(C)C)O[C@H]1n1cnc2c(NC(=O)c3ccccc3)ncnc21. The number of hydrogen-bond donors (Lipinski definition) is 1. The van der Waals surface area contributed by atoms with Gasteiger partial charge in [0.25, 0.3) is 14.4 Å². The molecule has 1 aliphatic rings. The standard InChI is InChI=1S/C34H46N7O8P/c1-20(2)33(43)48-27-25(17-46-50(45-16-12-15-35)41(22(5)6)23(7)8)47-32(28(27)49-34(44)21(3)4)40-19-38-26-29(36-18-37-30(26)40)39-31(42)24-13-10-9-11-14-24/h9-11,13-14,18-23,25,27-28,32H,12,16-17H2,1-8H3,(H,36,37,39,42)/t25-,27-,28-,32-,50?/m1/s1. The summed E-state index contributed by atoms with van der Waals surface area (Å²) in [5, 5.41) is 11.9. The number of nitriles is 1. The van der Waals surface area contributed by atoms with Crippen LogP contribution in [0.2, 0.25) is 0 Å². The summed E-state index contributed by atoms with van der Waals surface area (Å²) < 4.78 is 34.6. The van der Waals surface area contributed by atoms with Crippen molar-refractivity contribution < 1.29 is 37.6 Å². The number of nitrogens with zero attached hydrogens (tertiary/aromatic N) is 6. The summed E-state index contributed by atoms with van der Waals surface area (Å²) in [4.78, 5) is 52.3. The molecule has 0 saturated carbocycles. The predicted molar refractivity (Wildman–Crippen MR) is 184 cm³/mol. The molecule has 50 heavy (non-hydrogen) atoms. The van der Waals surface area contributed by atoms with Gasteiger partial charge in [0.05, 0.1) is 43.9 Å². The van der Waals surface area contributed by atoms with Crippen LogP contribution in [-0.4, -0.2) is 85.6 Å². The highest BCUT2D eigenvalue weighted by Gasteiger charge is 2.52. The summed E-state index contributed by atoms with van der Waals surface area (Å²) in [6, 6.07) is 10.8. The summed E-state index contributed by atoms with van der Waals surface area (Å²) in [7, 11) is -1.67. The van der Waals surface area contributed by atoms with Crippen LogP contribution in [0.1, 0.15) is 78.4 Å². The Morgan fingerprint density at radius 2 is 1.58 bits per heavy atom. The van der Waals surface area contributed by atoms with E-state index in [0.29, 0.717) is 5.56 Å². The number of hydrogen-bond acceptors (Lipinski definition) is 13. The van der Waals surface area contributed by atoms with E-state index in [9.17, 15) is 14.4 Å². The second-order valence-electron chi connectivity index (χ2n) is 12.9. The molecule has 1 unspecified atom stereocenters. The lowest BCUT2D eigenvalue weighted by Crippen LogP contribution is -2.42. The van der Waals surface area contributed by atoms with E-state index < -0.39 is 56.8 Å². The fraction of sp³-hybridized carbons (Fsp3) is 0.559. The van der Waals surface area contributed by atoms with Crippen LogP contribution in [0, 0.1) is 23.2 Å². The number of imidazole rings is 1. The first-order valence-corrected chi connectivity index (χ1v) is 17.8. The lowest BCUT2D eigenvalue weighted by molar-refractivity contribution is -0.172. The molecule has 0 spiro atoms.